The molecule has 0 bridgehead atoms. The monoisotopic (exact) mass is 518 g/mol. The summed E-state index contributed by atoms with van der Waals surface area (Å²) in [4.78, 5) is 14.6. The summed E-state index contributed by atoms with van der Waals surface area (Å²) in [6.07, 6.45) is 6.24. The van der Waals surface area contributed by atoms with Gasteiger partial charge in [-0.1, -0.05) is 57.0 Å². The average Bonchev–Trinajstić information content (AvgIpc) is 3.20. The molecule has 5 rings (SSSR count). The van der Waals surface area contributed by atoms with Crippen LogP contribution in [0.1, 0.15) is 51.7 Å². The summed E-state index contributed by atoms with van der Waals surface area (Å²) < 4.78 is 6.00. The Morgan fingerprint density at radius 1 is 0.919 bits per heavy atom. The van der Waals surface area contributed by atoms with Gasteiger partial charge < -0.3 is 24.9 Å². The Balaban J connectivity index is 1.29. The van der Waals surface area contributed by atoms with Gasteiger partial charge in [0, 0.05) is 37.8 Å². The van der Waals surface area contributed by atoms with Gasteiger partial charge in [-0.05, 0) is 55.4 Å². The minimum absolute atomic E-state index is 0.483. The number of piperidine rings is 1. The molecule has 0 aliphatic carbocycles. The highest BCUT2D eigenvalue weighted by Crippen LogP contribution is 2.29. The maximum absolute atomic E-state index is 6.00. The molecule has 1 aromatic carbocycles. The van der Waals surface area contributed by atoms with Crippen molar-refractivity contribution in [3.8, 4) is 11.3 Å². The van der Waals surface area contributed by atoms with Crippen molar-refractivity contribution in [1.29, 1.82) is 0 Å². The van der Waals surface area contributed by atoms with Gasteiger partial charge in [0.2, 0.25) is 5.95 Å². The van der Waals surface area contributed by atoms with Gasteiger partial charge in [-0.25, -0.2) is 0 Å². The molecule has 0 radical (unpaired) electrons. The summed E-state index contributed by atoms with van der Waals surface area (Å²) in [5, 5.41) is 6.99. The first-order valence-electron chi connectivity index (χ1n) is 13.6. The Bertz CT molecular complexity index is 1160. The van der Waals surface area contributed by atoms with E-state index in [0.717, 1.165) is 54.9 Å². The maximum atomic E-state index is 6.00. The Kier molecular flexibility index (Phi) is 8.24. The molecule has 0 spiro atoms. The number of thiocarbonyl (C=S) groups is 1. The third-order valence-corrected chi connectivity index (χ3v) is 7.44. The number of anilines is 3. The smallest absolute Gasteiger partial charge is 0.232 e. The Labute approximate surface area is 225 Å². The van der Waals surface area contributed by atoms with Crippen LogP contribution < -0.4 is 20.4 Å². The number of furan rings is 1. The van der Waals surface area contributed by atoms with E-state index in [4.69, 9.17) is 26.6 Å². The number of hydrogen-bond donors (Lipinski definition) is 2. The van der Waals surface area contributed by atoms with Crippen molar-refractivity contribution < 1.29 is 4.42 Å². The van der Waals surface area contributed by atoms with Crippen LogP contribution in [0.4, 0.5) is 17.6 Å². The highest BCUT2D eigenvalue weighted by atomic mass is 32.1. The van der Waals surface area contributed by atoms with Gasteiger partial charge in [0.1, 0.15) is 23.2 Å². The molecule has 2 aliphatic rings. The zero-order chi connectivity index (χ0) is 25.6. The first-order chi connectivity index (χ1) is 18.0. The van der Waals surface area contributed by atoms with Crippen LogP contribution in [0.25, 0.3) is 11.3 Å². The van der Waals surface area contributed by atoms with E-state index in [1.165, 1.54) is 32.1 Å². The fourth-order valence-electron chi connectivity index (χ4n) is 5.50. The lowest BCUT2D eigenvalue weighted by Gasteiger charge is -2.36. The number of nitrogens with zero attached hydrogens (tertiary/aromatic N) is 4. The van der Waals surface area contributed by atoms with Crippen molar-refractivity contribution in [2.75, 3.05) is 41.3 Å². The number of aromatic nitrogens is 2. The Morgan fingerprint density at radius 3 is 2.30 bits per heavy atom. The van der Waals surface area contributed by atoms with E-state index < -0.39 is 0 Å². The van der Waals surface area contributed by atoms with Gasteiger partial charge in [-0.15, -0.1) is 0 Å². The molecule has 2 atom stereocenters. The zero-order valence-electron chi connectivity index (χ0n) is 21.9. The van der Waals surface area contributed by atoms with Crippen molar-refractivity contribution in [3.05, 3.63) is 54.3 Å². The molecule has 4 heterocycles. The topological polar surface area (TPSA) is 69.5 Å². The van der Waals surface area contributed by atoms with Crippen LogP contribution >= 0.6 is 12.2 Å². The van der Waals surface area contributed by atoms with E-state index in [1.54, 1.807) is 0 Å². The Hall–Kier alpha value is -3.13. The molecular weight excluding hydrogens is 480 g/mol. The molecule has 3 aromatic rings. The molecule has 196 valence electrons. The van der Waals surface area contributed by atoms with Crippen molar-refractivity contribution in [3.63, 3.8) is 0 Å². The fraction of sp³-hybridized carbons (Fsp3) is 0.483. The van der Waals surface area contributed by atoms with Gasteiger partial charge in [-0.2, -0.15) is 9.97 Å². The van der Waals surface area contributed by atoms with Crippen LogP contribution in [0.5, 0.6) is 0 Å². The van der Waals surface area contributed by atoms with E-state index in [-0.39, 0.29) is 0 Å². The van der Waals surface area contributed by atoms with Crippen LogP contribution in [-0.4, -0.2) is 41.3 Å². The van der Waals surface area contributed by atoms with E-state index in [1.807, 2.05) is 42.5 Å². The fourth-order valence-corrected chi connectivity index (χ4v) is 5.66. The van der Waals surface area contributed by atoms with E-state index in [2.05, 4.69) is 40.3 Å². The predicted octanol–water partition coefficient (Wildman–Crippen LogP) is 6.09. The second-order valence-electron chi connectivity index (χ2n) is 10.6. The van der Waals surface area contributed by atoms with Crippen LogP contribution in [0.2, 0.25) is 0 Å². The predicted molar refractivity (Wildman–Crippen MR) is 155 cm³/mol. The summed E-state index contributed by atoms with van der Waals surface area (Å²) in [6.45, 7) is 9.25. The van der Waals surface area contributed by atoms with E-state index in [0.29, 0.717) is 29.4 Å². The van der Waals surface area contributed by atoms with Crippen LogP contribution in [0.3, 0.4) is 0 Å². The number of nitrogens with one attached hydrogen (secondary N) is 2. The SMILES string of the molecule is C[C@@H]1C[C@@H](C)CN(c2cc(N3CCCCCC3)nc(NC(=S)NCc3ccc(-c4ccccc4)o3)n2)C1. The van der Waals surface area contributed by atoms with E-state index >= 15 is 0 Å². The number of benzene rings is 1. The van der Waals surface area contributed by atoms with Crippen LogP contribution in [0, 0.1) is 11.8 Å². The third kappa shape index (κ3) is 6.80. The molecule has 0 amide bonds. The molecule has 2 aliphatic heterocycles. The van der Waals surface area contributed by atoms with Crippen molar-refractivity contribution in [2.24, 2.45) is 11.8 Å². The summed E-state index contributed by atoms with van der Waals surface area (Å²) in [5.74, 6) is 5.48. The van der Waals surface area contributed by atoms with Gasteiger partial charge in [0.25, 0.3) is 0 Å². The maximum Gasteiger partial charge on any atom is 0.232 e. The van der Waals surface area contributed by atoms with Crippen LogP contribution in [-0.2, 0) is 6.54 Å². The molecule has 2 aromatic heterocycles. The second kappa shape index (κ2) is 11.9. The van der Waals surface area contributed by atoms with Crippen molar-refractivity contribution >= 4 is 34.9 Å². The normalized spacial score (nSPS) is 20.4. The lowest BCUT2D eigenvalue weighted by molar-refractivity contribution is 0.355. The highest BCUT2D eigenvalue weighted by molar-refractivity contribution is 7.80. The molecule has 37 heavy (non-hydrogen) atoms. The third-order valence-electron chi connectivity index (χ3n) is 7.19. The first-order valence-corrected chi connectivity index (χ1v) is 14.0. The minimum Gasteiger partial charge on any atom is -0.459 e. The molecule has 0 saturated carbocycles. The lowest BCUT2D eigenvalue weighted by atomic mass is 9.92. The molecule has 8 heteroatoms. The summed E-state index contributed by atoms with van der Waals surface area (Å²) in [5.41, 5.74) is 1.06. The Morgan fingerprint density at radius 2 is 1.59 bits per heavy atom. The van der Waals surface area contributed by atoms with E-state index in [9.17, 15) is 0 Å². The second-order valence-corrected chi connectivity index (χ2v) is 11.0. The highest BCUT2D eigenvalue weighted by Gasteiger charge is 2.25. The van der Waals surface area contributed by atoms with Gasteiger partial charge in [0.05, 0.1) is 6.54 Å². The van der Waals surface area contributed by atoms with Gasteiger partial charge in [-0.3, -0.25) is 0 Å². The summed E-state index contributed by atoms with van der Waals surface area (Å²) in [7, 11) is 0. The zero-order valence-corrected chi connectivity index (χ0v) is 22.8. The van der Waals surface area contributed by atoms with Crippen LogP contribution in [0.15, 0.2) is 52.9 Å². The summed E-state index contributed by atoms with van der Waals surface area (Å²) >= 11 is 5.62. The van der Waals surface area contributed by atoms with Gasteiger partial charge >= 0.3 is 0 Å². The molecule has 7 nitrogen and oxygen atoms in total. The lowest BCUT2D eigenvalue weighted by Crippen LogP contribution is -2.39. The first kappa shape index (κ1) is 25.5. The largest absolute Gasteiger partial charge is 0.459 e. The van der Waals surface area contributed by atoms with Gasteiger partial charge in [0.15, 0.2) is 5.11 Å². The van der Waals surface area contributed by atoms with Crippen molar-refractivity contribution in [1.82, 2.24) is 15.3 Å². The molecule has 2 fully saturated rings. The average molecular weight is 519 g/mol. The molecule has 2 N–H and O–H groups in total. The van der Waals surface area contributed by atoms with Crippen molar-refractivity contribution in [2.45, 2.75) is 52.5 Å². The molecule has 0 unspecified atom stereocenters. The number of rotatable bonds is 6. The minimum atomic E-state index is 0.483. The quantitative estimate of drug-likeness (QED) is 0.380. The number of hydrogen-bond acceptors (Lipinski definition) is 6. The standard InChI is InChI=1S/C29H38N6OS/c1-21-16-22(2)20-35(19-21)27-17-26(34-14-8-3-4-9-15-34)31-28(32-27)33-29(37)30-18-24-12-13-25(36-24)23-10-6-5-7-11-23/h5-7,10-13,17,21-22H,3-4,8-9,14-16,18-20H2,1-2H3,(H2,30,31,32,33,37)/t21-,22-/m1/s1. The summed E-state index contributed by atoms with van der Waals surface area (Å²) in [6, 6.07) is 16.2. The molecule has 2 saturated heterocycles. The molecular formula is C29H38N6OS.